The fourth-order valence-corrected chi connectivity index (χ4v) is 1.17. The highest BCUT2D eigenvalue weighted by atomic mass is 16.5. The van der Waals surface area contributed by atoms with Gasteiger partial charge in [-0.05, 0) is 19.8 Å². The molecule has 0 amide bonds. The minimum Gasteiger partial charge on any atom is -0.393 e. The Morgan fingerprint density at radius 1 is 1.64 bits per heavy atom. The van der Waals surface area contributed by atoms with Gasteiger partial charge in [-0.25, -0.2) is 0 Å². The van der Waals surface area contributed by atoms with Crippen molar-refractivity contribution in [2.75, 3.05) is 13.7 Å². The molecule has 0 aliphatic heterocycles. The van der Waals surface area contributed by atoms with Gasteiger partial charge < -0.3 is 15.2 Å². The molecule has 1 saturated carbocycles. The van der Waals surface area contributed by atoms with Crippen LogP contribution < -0.4 is 5.32 Å². The first-order chi connectivity index (χ1) is 5.22. The summed E-state index contributed by atoms with van der Waals surface area (Å²) in [7, 11) is 1.71. The van der Waals surface area contributed by atoms with Gasteiger partial charge in [0.25, 0.3) is 0 Å². The lowest BCUT2D eigenvalue weighted by Crippen LogP contribution is -2.46. The van der Waals surface area contributed by atoms with Crippen molar-refractivity contribution in [3.8, 4) is 0 Å². The Bertz CT molecular complexity index is 113. The molecule has 1 rings (SSSR count). The third-order valence-corrected chi connectivity index (χ3v) is 2.21. The van der Waals surface area contributed by atoms with Crippen LogP contribution in [-0.2, 0) is 4.74 Å². The molecule has 0 bridgehead atoms. The van der Waals surface area contributed by atoms with Gasteiger partial charge in [0, 0.05) is 19.7 Å². The summed E-state index contributed by atoms with van der Waals surface area (Å²) in [4.78, 5) is 0. The Balaban J connectivity index is 1.96. The molecule has 0 saturated heterocycles. The molecule has 0 spiro atoms. The summed E-state index contributed by atoms with van der Waals surface area (Å²) in [6.07, 6.45) is 2.01. The third kappa shape index (κ3) is 2.77. The minimum absolute atomic E-state index is 0.0645. The van der Waals surface area contributed by atoms with Crippen molar-refractivity contribution in [2.24, 2.45) is 0 Å². The highest BCUT2D eigenvalue weighted by Crippen LogP contribution is 2.18. The largest absolute Gasteiger partial charge is 0.393 e. The predicted octanol–water partition coefficient (Wildman–Crippen LogP) is 0.134. The number of methoxy groups -OCH3 is 1. The van der Waals surface area contributed by atoms with E-state index in [1.54, 1.807) is 7.11 Å². The van der Waals surface area contributed by atoms with Crippen LogP contribution in [0.3, 0.4) is 0 Å². The van der Waals surface area contributed by atoms with Crippen molar-refractivity contribution in [3.63, 3.8) is 0 Å². The topological polar surface area (TPSA) is 41.5 Å². The van der Waals surface area contributed by atoms with Gasteiger partial charge in [0.15, 0.2) is 0 Å². The first-order valence-electron chi connectivity index (χ1n) is 4.16. The van der Waals surface area contributed by atoms with E-state index in [1.807, 2.05) is 6.92 Å². The lowest BCUT2D eigenvalue weighted by Gasteiger charge is -2.32. The van der Waals surface area contributed by atoms with Crippen molar-refractivity contribution < 1.29 is 9.84 Å². The molecule has 1 fully saturated rings. The molecule has 3 nitrogen and oxygen atoms in total. The molecule has 1 atom stereocenters. The van der Waals surface area contributed by atoms with Crippen LogP contribution in [0.15, 0.2) is 0 Å². The maximum Gasteiger partial charge on any atom is 0.0667 e. The predicted molar refractivity (Wildman–Crippen MR) is 43.5 cm³/mol. The minimum atomic E-state index is -0.0645. The van der Waals surface area contributed by atoms with E-state index >= 15 is 0 Å². The summed E-state index contributed by atoms with van der Waals surface area (Å²) in [5.41, 5.74) is 0. The van der Waals surface area contributed by atoms with Gasteiger partial charge in [0.1, 0.15) is 0 Å². The van der Waals surface area contributed by atoms with Crippen LogP contribution in [0.2, 0.25) is 0 Å². The fourth-order valence-electron chi connectivity index (χ4n) is 1.17. The third-order valence-electron chi connectivity index (χ3n) is 2.21. The van der Waals surface area contributed by atoms with E-state index in [1.165, 1.54) is 0 Å². The highest BCUT2D eigenvalue weighted by Gasteiger charge is 2.26. The molecule has 0 aromatic rings. The van der Waals surface area contributed by atoms with Crippen LogP contribution in [0.5, 0.6) is 0 Å². The molecule has 1 aliphatic carbocycles. The second-order valence-electron chi connectivity index (χ2n) is 3.28. The smallest absolute Gasteiger partial charge is 0.0667 e. The molecule has 0 radical (unpaired) electrons. The molecule has 11 heavy (non-hydrogen) atoms. The summed E-state index contributed by atoms with van der Waals surface area (Å²) >= 11 is 0. The zero-order chi connectivity index (χ0) is 8.27. The van der Waals surface area contributed by atoms with Crippen molar-refractivity contribution in [1.82, 2.24) is 5.32 Å². The fraction of sp³-hybridized carbons (Fsp3) is 1.00. The molecular formula is C8H17NO2. The second-order valence-corrected chi connectivity index (χ2v) is 3.28. The van der Waals surface area contributed by atoms with Gasteiger partial charge in [0.2, 0.25) is 0 Å². The van der Waals surface area contributed by atoms with Crippen molar-refractivity contribution in [2.45, 2.75) is 38.0 Å². The van der Waals surface area contributed by atoms with Crippen LogP contribution >= 0.6 is 0 Å². The van der Waals surface area contributed by atoms with Gasteiger partial charge in [-0.2, -0.15) is 0 Å². The molecule has 1 unspecified atom stereocenters. The summed E-state index contributed by atoms with van der Waals surface area (Å²) in [6.45, 7) is 2.91. The Labute approximate surface area is 67.7 Å². The van der Waals surface area contributed by atoms with E-state index in [-0.39, 0.29) is 12.2 Å². The Hall–Kier alpha value is -0.120. The van der Waals surface area contributed by atoms with Gasteiger partial charge in [0.05, 0.1) is 12.2 Å². The van der Waals surface area contributed by atoms with Crippen molar-refractivity contribution >= 4 is 0 Å². The van der Waals surface area contributed by atoms with Crippen LogP contribution in [0, 0.1) is 0 Å². The van der Waals surface area contributed by atoms with E-state index in [2.05, 4.69) is 5.32 Å². The van der Waals surface area contributed by atoms with Crippen LogP contribution in [-0.4, -0.2) is 37.0 Å². The summed E-state index contributed by atoms with van der Waals surface area (Å²) in [5, 5.41) is 12.3. The average molecular weight is 159 g/mol. The Kier molecular flexibility index (Phi) is 3.30. The number of hydrogen-bond acceptors (Lipinski definition) is 3. The number of aliphatic hydroxyl groups excluding tert-OH is 1. The van der Waals surface area contributed by atoms with Crippen LogP contribution in [0.1, 0.15) is 19.8 Å². The number of aliphatic hydroxyl groups is 1. The number of rotatable bonds is 4. The van der Waals surface area contributed by atoms with Crippen molar-refractivity contribution in [1.29, 1.82) is 0 Å². The van der Waals surface area contributed by atoms with E-state index in [0.29, 0.717) is 6.04 Å². The van der Waals surface area contributed by atoms with E-state index in [9.17, 15) is 0 Å². The van der Waals surface area contributed by atoms with Gasteiger partial charge in [-0.3, -0.25) is 0 Å². The van der Waals surface area contributed by atoms with Gasteiger partial charge >= 0.3 is 0 Å². The molecular weight excluding hydrogens is 142 g/mol. The zero-order valence-corrected chi connectivity index (χ0v) is 7.21. The average Bonchev–Trinajstić information content (AvgIpc) is 1.95. The van der Waals surface area contributed by atoms with E-state index in [0.717, 1.165) is 19.4 Å². The standard InChI is InChI=1S/C8H17NO2/c1-6(11-2)5-9-7-3-8(10)4-7/h6-10H,3-5H2,1-2H3. The second kappa shape index (κ2) is 4.04. The Morgan fingerprint density at radius 3 is 2.73 bits per heavy atom. The Morgan fingerprint density at radius 2 is 2.27 bits per heavy atom. The SMILES string of the molecule is COC(C)CNC1CC(O)C1. The number of nitrogens with one attached hydrogen (secondary N) is 1. The first-order valence-corrected chi connectivity index (χ1v) is 4.16. The quantitative estimate of drug-likeness (QED) is 0.613. The molecule has 0 aromatic heterocycles. The van der Waals surface area contributed by atoms with Gasteiger partial charge in [-0.15, -0.1) is 0 Å². The van der Waals surface area contributed by atoms with Crippen LogP contribution in [0.4, 0.5) is 0 Å². The van der Waals surface area contributed by atoms with Crippen molar-refractivity contribution in [3.05, 3.63) is 0 Å². The summed E-state index contributed by atoms with van der Waals surface area (Å²) < 4.78 is 5.07. The maximum absolute atomic E-state index is 8.97. The van der Waals surface area contributed by atoms with Crippen LogP contribution in [0.25, 0.3) is 0 Å². The molecule has 2 N–H and O–H groups in total. The molecule has 0 aromatic carbocycles. The molecule has 66 valence electrons. The maximum atomic E-state index is 8.97. The molecule has 0 heterocycles. The monoisotopic (exact) mass is 159 g/mol. The van der Waals surface area contributed by atoms with E-state index in [4.69, 9.17) is 9.84 Å². The lowest BCUT2D eigenvalue weighted by molar-refractivity contribution is 0.0508. The highest BCUT2D eigenvalue weighted by molar-refractivity contribution is 4.84. The molecule has 3 heteroatoms. The summed E-state index contributed by atoms with van der Waals surface area (Å²) in [6, 6.07) is 0.516. The lowest BCUT2D eigenvalue weighted by atomic mass is 9.89. The van der Waals surface area contributed by atoms with E-state index < -0.39 is 0 Å². The van der Waals surface area contributed by atoms with Gasteiger partial charge in [-0.1, -0.05) is 0 Å². The summed E-state index contributed by atoms with van der Waals surface area (Å²) in [5.74, 6) is 0. The zero-order valence-electron chi connectivity index (χ0n) is 7.21. The number of ether oxygens (including phenoxy) is 1. The molecule has 1 aliphatic rings. The first kappa shape index (κ1) is 8.97. The number of hydrogen-bond donors (Lipinski definition) is 2. The normalized spacial score (nSPS) is 33.0.